The lowest BCUT2D eigenvalue weighted by molar-refractivity contribution is -0.167. The van der Waals surface area contributed by atoms with Gasteiger partial charge < -0.3 is 14.2 Å². The van der Waals surface area contributed by atoms with Gasteiger partial charge >= 0.3 is 17.9 Å². The van der Waals surface area contributed by atoms with Crippen molar-refractivity contribution >= 4 is 17.9 Å². The van der Waals surface area contributed by atoms with E-state index in [1.165, 1.54) is 199 Å². The van der Waals surface area contributed by atoms with Crippen molar-refractivity contribution in [1.82, 2.24) is 0 Å². The minimum atomic E-state index is -0.766. The summed E-state index contributed by atoms with van der Waals surface area (Å²) in [6, 6.07) is 0. The summed E-state index contributed by atoms with van der Waals surface area (Å²) < 4.78 is 16.9. The van der Waals surface area contributed by atoms with E-state index in [1.807, 2.05) is 0 Å². The third kappa shape index (κ3) is 59.9. The first-order valence-corrected chi connectivity index (χ1v) is 31.8. The van der Waals surface area contributed by atoms with Crippen LogP contribution in [0.2, 0.25) is 0 Å². The lowest BCUT2D eigenvalue weighted by atomic mass is 10.0. The quantitative estimate of drug-likeness (QED) is 0.0261. The van der Waals surface area contributed by atoms with Crippen LogP contribution in [0.1, 0.15) is 329 Å². The minimum absolute atomic E-state index is 0.0673. The van der Waals surface area contributed by atoms with E-state index in [-0.39, 0.29) is 31.1 Å². The second kappa shape index (κ2) is 61.7. The number of carbonyl (C=O) groups excluding carboxylic acids is 3. The number of esters is 3. The summed E-state index contributed by atoms with van der Waals surface area (Å²) in [4.78, 5) is 38.1. The van der Waals surface area contributed by atoms with Gasteiger partial charge in [0.1, 0.15) is 13.2 Å². The Morgan fingerprint density at radius 2 is 0.534 bits per heavy atom. The number of ether oxygens (including phenoxy) is 3. The van der Waals surface area contributed by atoms with E-state index < -0.39 is 6.10 Å². The summed E-state index contributed by atoms with van der Waals surface area (Å²) in [6.07, 6.45) is 78.2. The highest BCUT2D eigenvalue weighted by molar-refractivity contribution is 5.71. The highest BCUT2D eigenvalue weighted by atomic mass is 16.6. The van der Waals surface area contributed by atoms with Crippen LogP contribution in [0.3, 0.4) is 0 Å². The zero-order valence-corrected chi connectivity index (χ0v) is 48.7. The molecule has 6 heteroatoms. The first kappa shape index (κ1) is 70.1. The van der Waals surface area contributed by atoms with E-state index in [0.29, 0.717) is 19.3 Å². The van der Waals surface area contributed by atoms with Crippen molar-refractivity contribution in [3.63, 3.8) is 0 Å². The normalized spacial score (nSPS) is 12.4. The molecule has 0 aliphatic carbocycles. The van der Waals surface area contributed by atoms with Gasteiger partial charge in [-0.15, -0.1) is 0 Å². The molecule has 1 unspecified atom stereocenters. The fraction of sp³-hybridized carbons (Fsp3) is 0.806. The molecule has 73 heavy (non-hydrogen) atoms. The molecule has 424 valence electrons. The molecule has 0 heterocycles. The first-order chi connectivity index (χ1) is 36.0. The summed E-state index contributed by atoms with van der Waals surface area (Å²) in [6.45, 7) is 6.54. The maximum absolute atomic E-state index is 12.8. The molecule has 6 nitrogen and oxygen atoms in total. The van der Waals surface area contributed by atoms with Gasteiger partial charge in [-0.2, -0.15) is 0 Å². The molecule has 0 aliphatic heterocycles. The Morgan fingerprint density at radius 3 is 0.836 bits per heavy atom. The average molecular weight is 1020 g/mol. The standard InChI is InChI=1S/C67H120O6/c1-4-7-10-13-16-19-21-23-24-25-26-27-28-29-30-31-32-33-34-35-36-37-38-39-40-41-42-44-45-48-51-54-57-60-66(69)72-63-64(62-71-65(68)59-56-53-50-47-18-15-12-9-6-3)73-67(70)61-58-55-52-49-46-43-22-20-17-14-11-8-5-2/h7,10,16,19,23-24,26-27,29-30,64H,4-6,8-9,11-15,17-18,20-22,25,28,31-63H2,1-3H3/b10-7-,19-16-,24-23-,27-26-,30-29-. The van der Waals surface area contributed by atoms with Gasteiger partial charge in [-0.05, 0) is 64.2 Å². The van der Waals surface area contributed by atoms with Crippen LogP contribution in [0.15, 0.2) is 60.8 Å². The van der Waals surface area contributed by atoms with E-state index in [0.717, 1.165) is 89.9 Å². The van der Waals surface area contributed by atoms with Crippen LogP contribution >= 0.6 is 0 Å². The van der Waals surface area contributed by atoms with Crippen molar-refractivity contribution in [3.05, 3.63) is 60.8 Å². The molecular weight excluding hydrogens is 901 g/mol. The number of allylic oxidation sites excluding steroid dienone is 10. The molecule has 0 fully saturated rings. The van der Waals surface area contributed by atoms with Crippen LogP contribution in [0.5, 0.6) is 0 Å². The van der Waals surface area contributed by atoms with Crippen LogP contribution in [0.4, 0.5) is 0 Å². The molecule has 0 spiro atoms. The number of hydrogen-bond acceptors (Lipinski definition) is 6. The van der Waals surface area contributed by atoms with E-state index in [1.54, 1.807) is 0 Å². The van der Waals surface area contributed by atoms with Crippen molar-refractivity contribution < 1.29 is 28.6 Å². The minimum Gasteiger partial charge on any atom is -0.462 e. The molecule has 0 bridgehead atoms. The molecule has 0 aromatic carbocycles. The van der Waals surface area contributed by atoms with Crippen LogP contribution in [0, 0.1) is 0 Å². The molecule has 0 N–H and O–H groups in total. The summed E-state index contributed by atoms with van der Waals surface area (Å²) in [5.41, 5.74) is 0. The fourth-order valence-electron chi connectivity index (χ4n) is 9.30. The van der Waals surface area contributed by atoms with Gasteiger partial charge in [0.15, 0.2) is 6.10 Å². The monoisotopic (exact) mass is 1020 g/mol. The van der Waals surface area contributed by atoms with Gasteiger partial charge in [0.05, 0.1) is 0 Å². The lowest BCUT2D eigenvalue weighted by Crippen LogP contribution is -2.30. The Morgan fingerprint density at radius 1 is 0.288 bits per heavy atom. The molecule has 0 aromatic rings. The molecule has 1 atom stereocenters. The van der Waals surface area contributed by atoms with E-state index in [2.05, 4.69) is 81.5 Å². The van der Waals surface area contributed by atoms with Gasteiger partial charge in [0.25, 0.3) is 0 Å². The van der Waals surface area contributed by atoms with Crippen LogP contribution < -0.4 is 0 Å². The molecule has 0 aromatic heterocycles. The first-order valence-electron chi connectivity index (χ1n) is 31.8. The second-order valence-electron chi connectivity index (χ2n) is 21.3. The summed E-state index contributed by atoms with van der Waals surface area (Å²) in [5.74, 6) is -0.852. The molecule has 0 rings (SSSR count). The summed E-state index contributed by atoms with van der Waals surface area (Å²) in [7, 11) is 0. The van der Waals surface area contributed by atoms with Crippen molar-refractivity contribution in [2.24, 2.45) is 0 Å². The third-order valence-corrected chi connectivity index (χ3v) is 14.0. The average Bonchev–Trinajstić information content (AvgIpc) is 3.39. The van der Waals surface area contributed by atoms with Crippen LogP contribution in [0.25, 0.3) is 0 Å². The van der Waals surface area contributed by atoms with Crippen molar-refractivity contribution in [1.29, 1.82) is 0 Å². The van der Waals surface area contributed by atoms with E-state index in [4.69, 9.17) is 14.2 Å². The van der Waals surface area contributed by atoms with E-state index >= 15 is 0 Å². The summed E-state index contributed by atoms with van der Waals surface area (Å²) in [5, 5.41) is 0. The number of unbranched alkanes of at least 4 members (excludes halogenated alkanes) is 37. The predicted octanol–water partition coefficient (Wildman–Crippen LogP) is 21.6. The number of hydrogen-bond donors (Lipinski definition) is 0. The molecule has 0 aliphatic rings. The van der Waals surface area contributed by atoms with Gasteiger partial charge in [0.2, 0.25) is 0 Å². The van der Waals surface area contributed by atoms with Crippen LogP contribution in [-0.4, -0.2) is 37.2 Å². The molecule has 0 amide bonds. The van der Waals surface area contributed by atoms with Crippen LogP contribution in [-0.2, 0) is 28.6 Å². The SMILES string of the molecule is CC/C=C\C/C=C\C/C=C\C/C=C\C/C=C\CCCCCCCCCCCCCCCCCCCC(=O)OCC(COC(=O)CCCCCCCCCCC)OC(=O)CCCCCCCCCCCCCCC. The van der Waals surface area contributed by atoms with Gasteiger partial charge in [-0.25, -0.2) is 0 Å². The van der Waals surface area contributed by atoms with Crippen molar-refractivity contribution in [2.45, 2.75) is 335 Å². The molecular formula is C67H120O6. The molecule has 0 saturated heterocycles. The van der Waals surface area contributed by atoms with Crippen molar-refractivity contribution in [2.75, 3.05) is 13.2 Å². The fourth-order valence-corrected chi connectivity index (χ4v) is 9.30. The van der Waals surface area contributed by atoms with Crippen molar-refractivity contribution in [3.8, 4) is 0 Å². The Bertz CT molecular complexity index is 1310. The van der Waals surface area contributed by atoms with E-state index in [9.17, 15) is 14.4 Å². The predicted molar refractivity (Wildman–Crippen MR) is 316 cm³/mol. The van der Waals surface area contributed by atoms with Gasteiger partial charge in [-0.3, -0.25) is 14.4 Å². The molecule has 0 radical (unpaired) electrons. The number of rotatable bonds is 58. The highest BCUT2D eigenvalue weighted by Gasteiger charge is 2.19. The Balaban J connectivity index is 4.02. The Kier molecular flexibility index (Phi) is 59.2. The second-order valence-corrected chi connectivity index (χ2v) is 21.3. The zero-order chi connectivity index (χ0) is 52.9. The largest absolute Gasteiger partial charge is 0.462 e. The highest BCUT2D eigenvalue weighted by Crippen LogP contribution is 2.17. The number of carbonyl (C=O) groups is 3. The Hall–Kier alpha value is -2.89. The van der Waals surface area contributed by atoms with Gasteiger partial charge in [0, 0.05) is 19.3 Å². The Labute approximate surface area is 453 Å². The topological polar surface area (TPSA) is 78.9 Å². The summed E-state index contributed by atoms with van der Waals surface area (Å²) >= 11 is 0. The van der Waals surface area contributed by atoms with Gasteiger partial charge in [-0.1, -0.05) is 306 Å². The smallest absolute Gasteiger partial charge is 0.306 e. The maximum Gasteiger partial charge on any atom is 0.306 e. The maximum atomic E-state index is 12.8. The lowest BCUT2D eigenvalue weighted by Gasteiger charge is -2.18. The zero-order valence-electron chi connectivity index (χ0n) is 48.7. The molecule has 0 saturated carbocycles. The third-order valence-electron chi connectivity index (χ3n) is 14.0.